The maximum absolute atomic E-state index is 10.3. The molecule has 0 aliphatic heterocycles. The van der Waals surface area contributed by atoms with Gasteiger partial charge in [-0.2, -0.15) is 5.10 Å². The van der Waals surface area contributed by atoms with E-state index in [-0.39, 0.29) is 0 Å². The molecule has 0 fully saturated rings. The van der Waals surface area contributed by atoms with Crippen molar-refractivity contribution in [3.8, 4) is 0 Å². The molecule has 4 heteroatoms. The van der Waals surface area contributed by atoms with Crippen LogP contribution < -0.4 is 0 Å². The van der Waals surface area contributed by atoms with Gasteiger partial charge in [-0.25, -0.2) is 0 Å². The van der Waals surface area contributed by atoms with Crippen molar-refractivity contribution in [1.29, 1.82) is 0 Å². The molecule has 17 heavy (non-hydrogen) atoms. The van der Waals surface area contributed by atoms with Crippen LogP contribution in [-0.4, -0.2) is 14.9 Å². The predicted molar refractivity (Wildman–Crippen MR) is 68.0 cm³/mol. The number of hydrogen-bond donors (Lipinski definition) is 1. The Morgan fingerprint density at radius 3 is 2.65 bits per heavy atom. The van der Waals surface area contributed by atoms with E-state index < -0.39 is 6.10 Å². The minimum atomic E-state index is -0.652. The van der Waals surface area contributed by atoms with Crippen molar-refractivity contribution >= 4 is 11.6 Å². The third-order valence-corrected chi connectivity index (χ3v) is 2.90. The molecule has 2 aromatic rings. The molecule has 3 nitrogen and oxygen atoms in total. The number of aliphatic hydroxyl groups excluding tert-OH is 1. The molecule has 1 atom stereocenters. The van der Waals surface area contributed by atoms with Gasteiger partial charge in [0.1, 0.15) is 6.10 Å². The molecule has 0 spiro atoms. The average molecular weight is 251 g/mol. The highest BCUT2D eigenvalue weighted by Gasteiger charge is 2.14. The summed E-state index contributed by atoms with van der Waals surface area (Å²) in [7, 11) is 0. The van der Waals surface area contributed by atoms with Gasteiger partial charge in [0.25, 0.3) is 0 Å². The van der Waals surface area contributed by atoms with Gasteiger partial charge in [-0.1, -0.05) is 30.7 Å². The Bertz CT molecular complexity index is 478. The number of nitrogens with zero attached hydrogens (tertiary/aromatic N) is 2. The first-order chi connectivity index (χ1) is 8.22. The molecule has 1 aromatic heterocycles. The zero-order valence-electron chi connectivity index (χ0n) is 9.68. The molecule has 0 radical (unpaired) electrons. The van der Waals surface area contributed by atoms with Crippen molar-refractivity contribution in [1.82, 2.24) is 9.78 Å². The number of aliphatic hydroxyl groups is 1. The van der Waals surface area contributed by atoms with Gasteiger partial charge in [0, 0.05) is 17.8 Å². The molecular formula is C13H15ClN2O. The standard InChI is InChI=1S/C13H15ClN2O/c1-2-9-16-12(7-8-15-16)13(17)10-3-5-11(14)6-4-10/h3-8,13,17H,2,9H2,1H3. The molecule has 0 amide bonds. The van der Waals surface area contributed by atoms with Crippen molar-refractivity contribution in [2.45, 2.75) is 26.0 Å². The molecule has 1 aromatic carbocycles. The molecule has 0 bridgehead atoms. The van der Waals surface area contributed by atoms with Crippen LogP contribution in [0.5, 0.6) is 0 Å². The lowest BCUT2D eigenvalue weighted by Crippen LogP contribution is -2.09. The van der Waals surface area contributed by atoms with Crippen LogP contribution in [0.1, 0.15) is 30.7 Å². The summed E-state index contributed by atoms with van der Waals surface area (Å²) < 4.78 is 1.83. The maximum Gasteiger partial charge on any atom is 0.121 e. The summed E-state index contributed by atoms with van der Waals surface area (Å²) in [5.74, 6) is 0. The van der Waals surface area contributed by atoms with Gasteiger partial charge < -0.3 is 5.11 Å². The summed E-state index contributed by atoms with van der Waals surface area (Å²) >= 11 is 5.82. The van der Waals surface area contributed by atoms with E-state index in [0.29, 0.717) is 5.02 Å². The van der Waals surface area contributed by atoms with Crippen molar-refractivity contribution in [2.24, 2.45) is 0 Å². The van der Waals surface area contributed by atoms with Gasteiger partial charge in [-0.3, -0.25) is 4.68 Å². The van der Waals surface area contributed by atoms with E-state index in [1.54, 1.807) is 18.3 Å². The van der Waals surface area contributed by atoms with E-state index >= 15 is 0 Å². The highest BCUT2D eigenvalue weighted by Crippen LogP contribution is 2.23. The summed E-state index contributed by atoms with van der Waals surface area (Å²) in [4.78, 5) is 0. The smallest absolute Gasteiger partial charge is 0.121 e. The van der Waals surface area contributed by atoms with Crippen LogP contribution in [0.15, 0.2) is 36.5 Å². The minimum Gasteiger partial charge on any atom is -0.382 e. The Labute approximate surface area is 106 Å². The molecule has 1 heterocycles. The lowest BCUT2D eigenvalue weighted by molar-refractivity contribution is 0.207. The van der Waals surface area contributed by atoms with E-state index in [2.05, 4.69) is 12.0 Å². The molecule has 2 rings (SSSR count). The van der Waals surface area contributed by atoms with Crippen LogP contribution in [-0.2, 0) is 6.54 Å². The zero-order chi connectivity index (χ0) is 12.3. The third-order valence-electron chi connectivity index (χ3n) is 2.65. The molecule has 1 unspecified atom stereocenters. The van der Waals surface area contributed by atoms with Crippen LogP contribution in [0.3, 0.4) is 0 Å². The fourth-order valence-electron chi connectivity index (χ4n) is 1.79. The maximum atomic E-state index is 10.3. The van der Waals surface area contributed by atoms with Crippen molar-refractivity contribution < 1.29 is 5.11 Å². The molecule has 0 saturated heterocycles. The van der Waals surface area contributed by atoms with Gasteiger partial charge in [0.15, 0.2) is 0 Å². The first kappa shape index (κ1) is 12.1. The molecule has 0 aliphatic carbocycles. The van der Waals surface area contributed by atoms with Crippen LogP contribution in [0.2, 0.25) is 5.02 Å². The Morgan fingerprint density at radius 2 is 2.00 bits per heavy atom. The Kier molecular flexibility index (Phi) is 3.82. The average Bonchev–Trinajstić information content (AvgIpc) is 2.78. The van der Waals surface area contributed by atoms with Crippen molar-refractivity contribution in [2.75, 3.05) is 0 Å². The summed E-state index contributed by atoms with van der Waals surface area (Å²) in [6.45, 7) is 2.90. The van der Waals surface area contributed by atoms with Gasteiger partial charge in [-0.15, -0.1) is 0 Å². The quantitative estimate of drug-likeness (QED) is 0.906. The normalized spacial score (nSPS) is 12.6. The highest BCUT2D eigenvalue weighted by atomic mass is 35.5. The second-order valence-electron chi connectivity index (χ2n) is 3.93. The summed E-state index contributed by atoms with van der Waals surface area (Å²) in [5, 5.41) is 15.1. The summed E-state index contributed by atoms with van der Waals surface area (Å²) in [6.07, 6.45) is 2.05. The lowest BCUT2D eigenvalue weighted by Gasteiger charge is -2.13. The van der Waals surface area contributed by atoms with E-state index in [9.17, 15) is 5.11 Å². The first-order valence-electron chi connectivity index (χ1n) is 5.67. The second kappa shape index (κ2) is 5.34. The lowest BCUT2D eigenvalue weighted by atomic mass is 10.1. The van der Waals surface area contributed by atoms with Crippen LogP contribution in [0.4, 0.5) is 0 Å². The highest BCUT2D eigenvalue weighted by molar-refractivity contribution is 6.30. The van der Waals surface area contributed by atoms with Gasteiger partial charge >= 0.3 is 0 Å². The Morgan fingerprint density at radius 1 is 1.29 bits per heavy atom. The van der Waals surface area contributed by atoms with Crippen LogP contribution in [0, 0.1) is 0 Å². The van der Waals surface area contributed by atoms with E-state index in [4.69, 9.17) is 11.6 Å². The van der Waals surface area contributed by atoms with Crippen molar-refractivity contribution in [3.63, 3.8) is 0 Å². The number of benzene rings is 1. The zero-order valence-corrected chi connectivity index (χ0v) is 10.4. The SMILES string of the molecule is CCCn1nccc1C(O)c1ccc(Cl)cc1. The number of halogens is 1. The molecule has 90 valence electrons. The van der Waals surface area contributed by atoms with Gasteiger partial charge in [0.05, 0.1) is 5.69 Å². The van der Waals surface area contributed by atoms with Crippen molar-refractivity contribution in [3.05, 3.63) is 52.8 Å². The number of aromatic nitrogens is 2. The van der Waals surface area contributed by atoms with E-state index in [0.717, 1.165) is 24.2 Å². The first-order valence-corrected chi connectivity index (χ1v) is 6.05. The monoisotopic (exact) mass is 250 g/mol. The van der Waals surface area contributed by atoms with E-state index in [1.165, 1.54) is 0 Å². The fraction of sp³-hybridized carbons (Fsp3) is 0.308. The molecule has 1 N–H and O–H groups in total. The minimum absolute atomic E-state index is 0.652. The Balaban J connectivity index is 2.26. The summed E-state index contributed by atoms with van der Waals surface area (Å²) in [5.41, 5.74) is 1.64. The Hall–Kier alpha value is -1.32. The predicted octanol–water partition coefficient (Wildman–Crippen LogP) is 3.03. The second-order valence-corrected chi connectivity index (χ2v) is 4.37. The number of aryl methyl sites for hydroxylation is 1. The molecule has 0 aliphatic rings. The fourth-order valence-corrected chi connectivity index (χ4v) is 1.92. The van der Waals surface area contributed by atoms with E-state index in [1.807, 2.05) is 22.9 Å². The van der Waals surface area contributed by atoms with Gasteiger partial charge in [0.2, 0.25) is 0 Å². The molecular weight excluding hydrogens is 236 g/mol. The topological polar surface area (TPSA) is 38.0 Å². The number of hydrogen-bond acceptors (Lipinski definition) is 2. The molecule has 0 saturated carbocycles. The van der Waals surface area contributed by atoms with Crippen LogP contribution in [0.25, 0.3) is 0 Å². The number of rotatable bonds is 4. The largest absolute Gasteiger partial charge is 0.382 e. The van der Waals surface area contributed by atoms with Crippen LogP contribution >= 0.6 is 11.6 Å². The summed E-state index contributed by atoms with van der Waals surface area (Å²) in [6, 6.07) is 9.06. The third kappa shape index (κ3) is 2.68. The van der Waals surface area contributed by atoms with Gasteiger partial charge in [-0.05, 0) is 30.2 Å².